The Morgan fingerprint density at radius 3 is 3.18 bits per heavy atom. The van der Waals surface area contributed by atoms with E-state index in [1.165, 1.54) is 5.56 Å². The molecule has 0 atom stereocenters. The minimum Gasteiger partial charge on any atom is -0.311 e. The minimum atomic E-state index is 0.900. The fourth-order valence-corrected chi connectivity index (χ4v) is 1.29. The third-order valence-electron chi connectivity index (χ3n) is 1.88. The Bertz CT molecular complexity index is 220. The van der Waals surface area contributed by atoms with Crippen molar-refractivity contribution >= 4 is 5.69 Å². The molecule has 1 aromatic carbocycles. The minimum absolute atomic E-state index is 0.900. The Balaban J connectivity index is 2.33. The van der Waals surface area contributed by atoms with Gasteiger partial charge in [-0.3, -0.25) is 5.32 Å². The first kappa shape index (κ1) is 6.68. The number of fused-ring (bicyclic) bond motifs is 1. The van der Waals surface area contributed by atoms with Crippen molar-refractivity contribution in [3.63, 3.8) is 0 Å². The summed E-state index contributed by atoms with van der Waals surface area (Å²) in [5.74, 6) is 0. The van der Waals surface area contributed by atoms with E-state index in [0.29, 0.717) is 0 Å². The molecule has 1 heterocycles. The van der Waals surface area contributed by atoms with Gasteiger partial charge in [0.25, 0.3) is 0 Å². The fraction of sp³-hybridized carbons (Fsp3) is 0.333. The number of hydrogen-bond acceptors (Lipinski definition) is 1. The molecule has 0 bridgehead atoms. The molecule has 0 saturated carbocycles. The zero-order valence-electron chi connectivity index (χ0n) is 6.38. The van der Waals surface area contributed by atoms with Crippen LogP contribution in [0.5, 0.6) is 0 Å². The third kappa shape index (κ3) is 1.35. The van der Waals surface area contributed by atoms with Crippen LogP contribution in [0, 0.1) is 0 Å². The maximum absolute atomic E-state index is 4.42. The van der Waals surface area contributed by atoms with E-state index in [4.69, 9.17) is 0 Å². The van der Waals surface area contributed by atoms with Gasteiger partial charge in [0.1, 0.15) is 0 Å². The normalized spacial score (nSPS) is 16.4. The highest BCUT2D eigenvalue weighted by Gasteiger charge is 2.04. The summed E-state index contributed by atoms with van der Waals surface area (Å²) >= 11 is 0. The molecular formula is C9H11N2. The number of nitrogens with zero attached hydrogens (tertiary/aromatic N) is 1. The quantitative estimate of drug-likeness (QED) is 0.582. The van der Waals surface area contributed by atoms with Gasteiger partial charge in [-0.2, -0.15) is 0 Å². The van der Waals surface area contributed by atoms with E-state index in [0.717, 1.165) is 25.3 Å². The second-order valence-corrected chi connectivity index (χ2v) is 2.69. The molecule has 0 aliphatic carbocycles. The van der Waals surface area contributed by atoms with Crippen molar-refractivity contribution in [1.82, 2.24) is 10.6 Å². The van der Waals surface area contributed by atoms with Crippen molar-refractivity contribution in [3.05, 3.63) is 29.8 Å². The summed E-state index contributed by atoms with van der Waals surface area (Å²) in [5, 5.41) is 7.73. The van der Waals surface area contributed by atoms with Crippen LogP contribution < -0.4 is 10.6 Å². The van der Waals surface area contributed by atoms with Crippen LogP contribution in [0.1, 0.15) is 5.56 Å². The van der Waals surface area contributed by atoms with E-state index < -0.39 is 0 Å². The van der Waals surface area contributed by atoms with Gasteiger partial charge in [0, 0.05) is 13.1 Å². The zero-order valence-corrected chi connectivity index (χ0v) is 6.38. The number of nitrogens with one attached hydrogen (secondary N) is 1. The lowest BCUT2D eigenvalue weighted by atomic mass is 10.2. The van der Waals surface area contributed by atoms with Gasteiger partial charge in [0.2, 0.25) is 0 Å². The van der Waals surface area contributed by atoms with Crippen molar-refractivity contribution in [1.29, 1.82) is 0 Å². The maximum Gasteiger partial charge on any atom is 0.0619 e. The predicted molar refractivity (Wildman–Crippen MR) is 44.8 cm³/mol. The molecule has 2 rings (SSSR count). The zero-order chi connectivity index (χ0) is 7.52. The summed E-state index contributed by atoms with van der Waals surface area (Å²) in [6.45, 7) is 2.85. The van der Waals surface area contributed by atoms with Crippen molar-refractivity contribution in [2.75, 3.05) is 13.1 Å². The molecule has 57 valence electrons. The summed E-state index contributed by atoms with van der Waals surface area (Å²) < 4.78 is 0. The van der Waals surface area contributed by atoms with Gasteiger partial charge in [-0.1, -0.05) is 18.2 Å². The molecule has 0 fully saturated rings. The van der Waals surface area contributed by atoms with Gasteiger partial charge < -0.3 is 5.32 Å². The Morgan fingerprint density at radius 2 is 2.18 bits per heavy atom. The van der Waals surface area contributed by atoms with E-state index in [2.05, 4.69) is 28.8 Å². The fourth-order valence-electron chi connectivity index (χ4n) is 1.29. The highest BCUT2D eigenvalue weighted by molar-refractivity contribution is 5.45. The molecule has 1 N–H and O–H groups in total. The molecule has 11 heavy (non-hydrogen) atoms. The monoisotopic (exact) mass is 147 g/mol. The first-order valence-corrected chi connectivity index (χ1v) is 3.93. The van der Waals surface area contributed by atoms with Gasteiger partial charge in [-0.05, 0) is 11.6 Å². The van der Waals surface area contributed by atoms with Crippen LogP contribution >= 0.6 is 0 Å². The molecule has 1 radical (unpaired) electrons. The first-order valence-electron chi connectivity index (χ1n) is 3.93. The van der Waals surface area contributed by atoms with Crippen LogP contribution in [-0.2, 0) is 6.54 Å². The molecule has 0 aromatic heterocycles. The van der Waals surface area contributed by atoms with Gasteiger partial charge >= 0.3 is 0 Å². The van der Waals surface area contributed by atoms with Crippen molar-refractivity contribution in [3.8, 4) is 0 Å². The molecule has 2 nitrogen and oxygen atoms in total. The second-order valence-electron chi connectivity index (χ2n) is 2.69. The highest BCUT2D eigenvalue weighted by Crippen LogP contribution is 2.15. The molecule has 0 saturated heterocycles. The van der Waals surface area contributed by atoms with Crippen LogP contribution in [0.15, 0.2) is 24.3 Å². The third-order valence-corrected chi connectivity index (χ3v) is 1.88. The van der Waals surface area contributed by atoms with Gasteiger partial charge in [-0.15, -0.1) is 0 Å². The van der Waals surface area contributed by atoms with E-state index in [9.17, 15) is 0 Å². The molecule has 0 amide bonds. The maximum atomic E-state index is 4.42. The average Bonchev–Trinajstić information content (AvgIpc) is 2.28. The molecular weight excluding hydrogens is 136 g/mol. The van der Waals surface area contributed by atoms with Crippen molar-refractivity contribution in [2.24, 2.45) is 0 Å². The molecule has 1 aliphatic heterocycles. The van der Waals surface area contributed by atoms with Crippen LogP contribution in [0.3, 0.4) is 0 Å². The second kappa shape index (κ2) is 2.93. The SMILES string of the molecule is c1ccc2c(c1)CNCC[N]2. The van der Waals surface area contributed by atoms with Gasteiger partial charge in [0.15, 0.2) is 0 Å². The van der Waals surface area contributed by atoms with E-state index in [1.807, 2.05) is 6.07 Å². The predicted octanol–water partition coefficient (Wildman–Crippen LogP) is 1.03. The van der Waals surface area contributed by atoms with Crippen LogP contribution in [-0.4, -0.2) is 13.1 Å². The Hall–Kier alpha value is -1.02. The summed E-state index contributed by atoms with van der Waals surface area (Å²) in [5.41, 5.74) is 2.46. The highest BCUT2D eigenvalue weighted by atomic mass is 15.0. The van der Waals surface area contributed by atoms with Crippen molar-refractivity contribution in [2.45, 2.75) is 6.54 Å². The number of rotatable bonds is 0. The molecule has 1 aliphatic rings. The molecule has 0 unspecified atom stereocenters. The van der Waals surface area contributed by atoms with E-state index >= 15 is 0 Å². The lowest BCUT2D eigenvalue weighted by Crippen LogP contribution is -2.16. The number of benzene rings is 1. The van der Waals surface area contributed by atoms with Crippen LogP contribution in [0.2, 0.25) is 0 Å². The largest absolute Gasteiger partial charge is 0.311 e. The molecule has 1 aromatic rings. The lowest BCUT2D eigenvalue weighted by Gasteiger charge is -2.02. The van der Waals surface area contributed by atoms with Crippen molar-refractivity contribution < 1.29 is 0 Å². The summed E-state index contributed by atoms with van der Waals surface area (Å²) in [4.78, 5) is 0. The first-order chi connectivity index (χ1) is 5.47. The Morgan fingerprint density at radius 1 is 1.27 bits per heavy atom. The van der Waals surface area contributed by atoms with E-state index in [1.54, 1.807) is 0 Å². The topological polar surface area (TPSA) is 26.1 Å². The Labute approximate surface area is 66.6 Å². The Kier molecular flexibility index (Phi) is 1.78. The molecule has 2 heteroatoms. The van der Waals surface area contributed by atoms with E-state index in [-0.39, 0.29) is 0 Å². The lowest BCUT2D eigenvalue weighted by molar-refractivity contribution is 0.693. The summed E-state index contributed by atoms with van der Waals surface area (Å²) in [6, 6.07) is 8.29. The summed E-state index contributed by atoms with van der Waals surface area (Å²) in [7, 11) is 0. The molecule has 0 spiro atoms. The van der Waals surface area contributed by atoms with Gasteiger partial charge in [-0.25, -0.2) is 0 Å². The number of para-hydroxylation sites is 1. The number of hydrogen-bond donors (Lipinski definition) is 1. The van der Waals surface area contributed by atoms with Gasteiger partial charge in [0.05, 0.1) is 12.2 Å². The summed E-state index contributed by atoms with van der Waals surface area (Å²) in [6.07, 6.45) is 0. The smallest absolute Gasteiger partial charge is 0.0619 e. The van der Waals surface area contributed by atoms with Crippen LogP contribution in [0.25, 0.3) is 0 Å². The van der Waals surface area contributed by atoms with Crippen LogP contribution in [0.4, 0.5) is 5.69 Å². The average molecular weight is 147 g/mol. The standard InChI is InChI=1S/C9H11N2/c1-2-4-9-8(3-1)7-10-5-6-11-9/h1-4,10H,5-7H2.